The van der Waals surface area contributed by atoms with Crippen LogP contribution in [0.4, 0.5) is 10.1 Å². The van der Waals surface area contributed by atoms with E-state index in [1.807, 2.05) is 6.07 Å². The predicted octanol–water partition coefficient (Wildman–Crippen LogP) is 2.89. The molecule has 1 aromatic carbocycles. The van der Waals surface area contributed by atoms with Gasteiger partial charge in [-0.3, -0.25) is 0 Å². The fourth-order valence-corrected chi connectivity index (χ4v) is 3.23. The second-order valence-corrected chi connectivity index (χ2v) is 5.42. The van der Waals surface area contributed by atoms with E-state index in [2.05, 4.69) is 10.2 Å². The van der Waals surface area contributed by atoms with Gasteiger partial charge < -0.3 is 10.2 Å². The summed E-state index contributed by atoms with van der Waals surface area (Å²) < 4.78 is 13.6. The zero-order chi connectivity index (χ0) is 12.4. The first-order valence-corrected chi connectivity index (χ1v) is 7.10. The molecule has 2 saturated heterocycles. The molecule has 2 aliphatic heterocycles. The smallest absolute Gasteiger partial charge is 0.123 e. The molecule has 2 fully saturated rings. The molecule has 0 spiro atoms. The van der Waals surface area contributed by atoms with Crippen LogP contribution in [-0.4, -0.2) is 26.2 Å². The Kier molecular flexibility index (Phi) is 3.50. The van der Waals surface area contributed by atoms with Gasteiger partial charge in [-0.1, -0.05) is 0 Å². The van der Waals surface area contributed by atoms with E-state index >= 15 is 0 Å². The van der Waals surface area contributed by atoms with Crippen LogP contribution in [0.15, 0.2) is 18.2 Å². The van der Waals surface area contributed by atoms with Crippen LogP contribution in [0.3, 0.4) is 0 Å². The standard InChI is InChI=1S/C15H21FN2/c16-13-3-4-15(18-9-1-2-10-18)14(11-13)12-5-7-17-8-6-12/h3-4,11-12,17H,1-2,5-10H2. The van der Waals surface area contributed by atoms with Crippen molar-refractivity contribution >= 4 is 5.69 Å². The number of hydrogen-bond acceptors (Lipinski definition) is 2. The molecule has 98 valence electrons. The lowest BCUT2D eigenvalue weighted by molar-refractivity contribution is 0.458. The van der Waals surface area contributed by atoms with Gasteiger partial charge in [0.1, 0.15) is 5.82 Å². The van der Waals surface area contributed by atoms with Gasteiger partial charge in [-0.15, -0.1) is 0 Å². The van der Waals surface area contributed by atoms with Crippen molar-refractivity contribution in [3.05, 3.63) is 29.6 Å². The van der Waals surface area contributed by atoms with Crippen LogP contribution in [0.2, 0.25) is 0 Å². The molecule has 0 bridgehead atoms. The van der Waals surface area contributed by atoms with Gasteiger partial charge in [0.05, 0.1) is 0 Å². The third-order valence-electron chi connectivity index (χ3n) is 4.22. The minimum Gasteiger partial charge on any atom is -0.371 e. The number of hydrogen-bond donors (Lipinski definition) is 1. The van der Waals surface area contributed by atoms with Crippen molar-refractivity contribution in [2.45, 2.75) is 31.6 Å². The summed E-state index contributed by atoms with van der Waals surface area (Å²) in [5.74, 6) is 0.434. The van der Waals surface area contributed by atoms with Crippen molar-refractivity contribution in [2.75, 3.05) is 31.1 Å². The summed E-state index contributed by atoms with van der Waals surface area (Å²) in [4.78, 5) is 2.43. The molecule has 1 N–H and O–H groups in total. The lowest BCUT2D eigenvalue weighted by atomic mass is 9.88. The van der Waals surface area contributed by atoms with Gasteiger partial charge in [0.2, 0.25) is 0 Å². The Balaban J connectivity index is 1.91. The molecule has 3 rings (SSSR count). The molecular formula is C15H21FN2. The van der Waals surface area contributed by atoms with Crippen LogP contribution >= 0.6 is 0 Å². The number of rotatable bonds is 2. The molecule has 18 heavy (non-hydrogen) atoms. The van der Waals surface area contributed by atoms with Crippen LogP contribution in [-0.2, 0) is 0 Å². The highest BCUT2D eigenvalue weighted by Gasteiger charge is 2.22. The SMILES string of the molecule is Fc1ccc(N2CCCC2)c(C2CCNCC2)c1. The van der Waals surface area contributed by atoms with Crippen molar-refractivity contribution in [1.29, 1.82) is 0 Å². The minimum atomic E-state index is -0.0912. The lowest BCUT2D eigenvalue weighted by Gasteiger charge is -2.29. The van der Waals surface area contributed by atoms with E-state index in [4.69, 9.17) is 0 Å². The van der Waals surface area contributed by atoms with Gasteiger partial charge in [0, 0.05) is 18.8 Å². The second kappa shape index (κ2) is 5.27. The highest BCUT2D eigenvalue weighted by molar-refractivity contribution is 5.56. The number of piperidine rings is 1. The molecule has 1 aromatic rings. The summed E-state index contributed by atoms with van der Waals surface area (Å²) >= 11 is 0. The zero-order valence-corrected chi connectivity index (χ0v) is 10.8. The molecular weight excluding hydrogens is 227 g/mol. The Morgan fingerprint density at radius 2 is 1.83 bits per heavy atom. The largest absolute Gasteiger partial charge is 0.371 e. The van der Waals surface area contributed by atoms with E-state index in [1.165, 1.54) is 24.1 Å². The Morgan fingerprint density at radius 3 is 2.56 bits per heavy atom. The number of benzene rings is 1. The van der Waals surface area contributed by atoms with E-state index in [9.17, 15) is 4.39 Å². The first-order valence-electron chi connectivity index (χ1n) is 7.10. The monoisotopic (exact) mass is 248 g/mol. The molecule has 2 aliphatic rings. The summed E-state index contributed by atoms with van der Waals surface area (Å²) in [6, 6.07) is 5.36. The van der Waals surface area contributed by atoms with E-state index < -0.39 is 0 Å². The van der Waals surface area contributed by atoms with Crippen LogP contribution in [0.1, 0.15) is 37.2 Å². The maximum absolute atomic E-state index is 13.6. The van der Waals surface area contributed by atoms with E-state index in [0.717, 1.165) is 39.0 Å². The van der Waals surface area contributed by atoms with Gasteiger partial charge in [-0.25, -0.2) is 4.39 Å². The number of nitrogens with zero attached hydrogens (tertiary/aromatic N) is 1. The molecule has 3 heteroatoms. The summed E-state index contributed by atoms with van der Waals surface area (Å²) in [5.41, 5.74) is 2.51. The van der Waals surface area contributed by atoms with Crippen LogP contribution in [0.25, 0.3) is 0 Å². The fraction of sp³-hybridized carbons (Fsp3) is 0.600. The molecule has 0 atom stereocenters. The summed E-state index contributed by atoms with van der Waals surface area (Å²) in [6.45, 7) is 4.37. The molecule has 0 saturated carbocycles. The van der Waals surface area contributed by atoms with Crippen molar-refractivity contribution in [3.8, 4) is 0 Å². The Bertz CT molecular complexity index is 407. The summed E-state index contributed by atoms with van der Waals surface area (Å²) in [5, 5.41) is 3.38. The first kappa shape index (κ1) is 12.0. The van der Waals surface area contributed by atoms with E-state index in [1.54, 1.807) is 12.1 Å². The Labute approximate surface area is 108 Å². The maximum atomic E-state index is 13.6. The van der Waals surface area contributed by atoms with E-state index in [0.29, 0.717) is 5.92 Å². The molecule has 0 amide bonds. The minimum absolute atomic E-state index is 0.0912. The molecule has 0 aromatic heterocycles. The highest BCUT2D eigenvalue weighted by atomic mass is 19.1. The number of anilines is 1. The third-order valence-corrected chi connectivity index (χ3v) is 4.22. The summed E-state index contributed by atoms with van der Waals surface area (Å²) in [7, 11) is 0. The molecule has 2 heterocycles. The first-order chi connectivity index (χ1) is 8.84. The van der Waals surface area contributed by atoms with Crippen LogP contribution in [0.5, 0.6) is 0 Å². The average Bonchev–Trinajstić information content (AvgIpc) is 2.93. The average molecular weight is 248 g/mol. The Morgan fingerprint density at radius 1 is 1.11 bits per heavy atom. The number of halogens is 1. The van der Waals surface area contributed by atoms with Crippen LogP contribution < -0.4 is 10.2 Å². The van der Waals surface area contributed by atoms with Crippen molar-refractivity contribution in [3.63, 3.8) is 0 Å². The van der Waals surface area contributed by atoms with Crippen molar-refractivity contribution in [2.24, 2.45) is 0 Å². The molecule has 0 aliphatic carbocycles. The molecule has 0 unspecified atom stereocenters. The predicted molar refractivity (Wildman–Crippen MR) is 72.7 cm³/mol. The summed E-state index contributed by atoms with van der Waals surface area (Å²) in [6.07, 6.45) is 4.79. The normalized spacial score (nSPS) is 21.5. The molecule has 2 nitrogen and oxygen atoms in total. The van der Waals surface area contributed by atoms with Crippen molar-refractivity contribution in [1.82, 2.24) is 5.32 Å². The highest BCUT2D eigenvalue weighted by Crippen LogP contribution is 2.35. The fourth-order valence-electron chi connectivity index (χ4n) is 3.23. The van der Waals surface area contributed by atoms with Crippen molar-refractivity contribution < 1.29 is 4.39 Å². The van der Waals surface area contributed by atoms with Crippen LogP contribution in [0, 0.1) is 5.82 Å². The zero-order valence-electron chi connectivity index (χ0n) is 10.8. The van der Waals surface area contributed by atoms with Gasteiger partial charge in [-0.05, 0) is 68.5 Å². The molecule has 0 radical (unpaired) electrons. The second-order valence-electron chi connectivity index (χ2n) is 5.42. The lowest BCUT2D eigenvalue weighted by Crippen LogP contribution is -2.28. The topological polar surface area (TPSA) is 15.3 Å². The van der Waals surface area contributed by atoms with Gasteiger partial charge in [-0.2, -0.15) is 0 Å². The maximum Gasteiger partial charge on any atom is 0.123 e. The quantitative estimate of drug-likeness (QED) is 0.865. The Hall–Kier alpha value is -1.09. The van der Waals surface area contributed by atoms with Gasteiger partial charge >= 0.3 is 0 Å². The van der Waals surface area contributed by atoms with Gasteiger partial charge in [0.15, 0.2) is 0 Å². The number of nitrogens with one attached hydrogen (secondary N) is 1. The third kappa shape index (κ3) is 2.37. The van der Waals surface area contributed by atoms with E-state index in [-0.39, 0.29) is 5.82 Å². The van der Waals surface area contributed by atoms with Gasteiger partial charge in [0.25, 0.3) is 0 Å².